The highest BCUT2D eigenvalue weighted by atomic mass is 16.5. The summed E-state index contributed by atoms with van der Waals surface area (Å²) in [7, 11) is 1.70. The lowest BCUT2D eigenvalue weighted by Gasteiger charge is -2.37. The van der Waals surface area contributed by atoms with Gasteiger partial charge in [0.1, 0.15) is 11.7 Å². The van der Waals surface area contributed by atoms with Gasteiger partial charge in [-0.15, -0.1) is 0 Å². The first-order valence-electron chi connectivity index (χ1n) is 11.7. The molecule has 0 bridgehead atoms. The third-order valence-corrected chi connectivity index (χ3v) is 6.06. The molecular formula is C26H33N5O4. The fourth-order valence-electron chi connectivity index (χ4n) is 3.96. The summed E-state index contributed by atoms with van der Waals surface area (Å²) in [5, 5.41) is 21.9. The molecule has 1 aliphatic rings. The van der Waals surface area contributed by atoms with Crippen molar-refractivity contribution in [3.8, 4) is 23.1 Å². The van der Waals surface area contributed by atoms with Crippen LogP contribution in [0.3, 0.4) is 0 Å². The molecule has 1 aromatic heterocycles. The lowest BCUT2D eigenvalue weighted by atomic mass is 9.99. The maximum atomic E-state index is 13.6. The zero-order valence-corrected chi connectivity index (χ0v) is 20.9. The number of aromatic nitrogens is 1. The van der Waals surface area contributed by atoms with Gasteiger partial charge >= 0.3 is 6.03 Å². The van der Waals surface area contributed by atoms with Crippen molar-refractivity contribution in [1.82, 2.24) is 20.1 Å². The monoisotopic (exact) mass is 479 g/mol. The average Bonchev–Trinajstić information content (AvgIpc) is 2.84. The van der Waals surface area contributed by atoms with Crippen molar-refractivity contribution in [3.63, 3.8) is 0 Å². The average molecular weight is 480 g/mol. The van der Waals surface area contributed by atoms with Crippen molar-refractivity contribution in [3.05, 3.63) is 47.7 Å². The van der Waals surface area contributed by atoms with E-state index in [1.165, 1.54) is 0 Å². The van der Waals surface area contributed by atoms with E-state index < -0.39 is 12.1 Å². The van der Waals surface area contributed by atoms with Crippen LogP contribution < -0.4 is 10.1 Å². The van der Waals surface area contributed by atoms with Crippen molar-refractivity contribution in [2.75, 3.05) is 26.7 Å². The number of aliphatic hydroxyl groups is 1. The van der Waals surface area contributed by atoms with Crippen LogP contribution in [0.2, 0.25) is 0 Å². The number of aliphatic hydroxyl groups excluding tert-OH is 1. The molecule has 2 heterocycles. The number of nitrogens with one attached hydrogen (secondary N) is 1. The third kappa shape index (κ3) is 6.08. The minimum atomic E-state index is -0.432. The van der Waals surface area contributed by atoms with Crippen LogP contribution in [0, 0.1) is 17.2 Å². The van der Waals surface area contributed by atoms with Crippen LogP contribution in [0.5, 0.6) is 5.88 Å². The molecule has 0 saturated heterocycles. The molecule has 186 valence electrons. The van der Waals surface area contributed by atoms with Gasteiger partial charge in [-0.2, -0.15) is 5.26 Å². The molecule has 9 heteroatoms. The minimum Gasteiger partial charge on any atom is -0.472 e. The third-order valence-electron chi connectivity index (χ3n) is 6.06. The van der Waals surface area contributed by atoms with Gasteiger partial charge in [0, 0.05) is 37.3 Å². The maximum absolute atomic E-state index is 13.6. The van der Waals surface area contributed by atoms with Crippen molar-refractivity contribution in [2.24, 2.45) is 5.92 Å². The van der Waals surface area contributed by atoms with Crippen LogP contribution in [0.4, 0.5) is 4.79 Å². The summed E-state index contributed by atoms with van der Waals surface area (Å²) in [6.07, 6.45) is 1.18. The summed E-state index contributed by atoms with van der Waals surface area (Å²) in [5.41, 5.74) is 2.21. The molecule has 3 amide bonds. The SMILES string of the molecule is CC(C)NC(=O)N(C)C[C@@H]1Oc2ncc(-c3cccc(C#N)c3)cc2C(=O)N([C@H](C)CO)C[C@@H]1C. The predicted octanol–water partition coefficient (Wildman–Crippen LogP) is 2.89. The number of urea groups is 1. The molecule has 0 saturated carbocycles. The van der Waals surface area contributed by atoms with Gasteiger partial charge < -0.3 is 25.0 Å². The van der Waals surface area contributed by atoms with Crippen LogP contribution >= 0.6 is 0 Å². The highest BCUT2D eigenvalue weighted by molar-refractivity contribution is 5.98. The Kier molecular flexibility index (Phi) is 8.30. The number of carbonyl (C=O) groups excluding carboxylic acids is 2. The number of carbonyl (C=O) groups is 2. The molecule has 9 nitrogen and oxygen atoms in total. The Morgan fingerprint density at radius 3 is 2.74 bits per heavy atom. The predicted molar refractivity (Wildman–Crippen MR) is 132 cm³/mol. The fourth-order valence-corrected chi connectivity index (χ4v) is 3.96. The van der Waals surface area contributed by atoms with Gasteiger partial charge in [-0.1, -0.05) is 19.1 Å². The second-order valence-corrected chi connectivity index (χ2v) is 9.38. The number of rotatable bonds is 6. The zero-order valence-electron chi connectivity index (χ0n) is 20.9. The number of hydrogen-bond acceptors (Lipinski definition) is 6. The van der Waals surface area contributed by atoms with E-state index in [9.17, 15) is 20.0 Å². The lowest BCUT2D eigenvalue weighted by molar-refractivity contribution is 0.0352. The van der Waals surface area contributed by atoms with Crippen LogP contribution in [0.1, 0.15) is 43.6 Å². The van der Waals surface area contributed by atoms with Crippen LogP contribution in [-0.2, 0) is 0 Å². The van der Waals surface area contributed by atoms with Gasteiger partial charge in [0.15, 0.2) is 0 Å². The molecule has 0 aliphatic carbocycles. The number of nitriles is 1. The molecule has 3 rings (SSSR count). The number of amides is 3. The molecule has 1 aliphatic heterocycles. The summed E-state index contributed by atoms with van der Waals surface area (Å²) in [6.45, 7) is 7.98. The lowest BCUT2D eigenvalue weighted by Crippen LogP contribution is -2.51. The molecule has 0 radical (unpaired) electrons. The Balaban J connectivity index is 2.01. The van der Waals surface area contributed by atoms with E-state index in [2.05, 4.69) is 16.4 Å². The van der Waals surface area contributed by atoms with Gasteiger partial charge in [-0.3, -0.25) is 4.79 Å². The summed E-state index contributed by atoms with van der Waals surface area (Å²) in [5.74, 6) is -0.243. The van der Waals surface area contributed by atoms with Crippen molar-refractivity contribution >= 4 is 11.9 Å². The van der Waals surface area contributed by atoms with E-state index in [4.69, 9.17) is 4.74 Å². The number of pyridine rings is 1. The molecule has 2 aromatic rings. The summed E-state index contributed by atoms with van der Waals surface area (Å²) in [6, 6.07) is 10.3. The molecule has 35 heavy (non-hydrogen) atoms. The number of fused-ring (bicyclic) bond motifs is 1. The first-order chi connectivity index (χ1) is 16.6. The molecule has 2 N–H and O–H groups in total. The van der Waals surface area contributed by atoms with Gasteiger partial charge in [-0.05, 0) is 44.5 Å². The first-order valence-corrected chi connectivity index (χ1v) is 11.7. The van der Waals surface area contributed by atoms with Gasteiger partial charge in [0.2, 0.25) is 5.88 Å². The molecule has 0 spiro atoms. The van der Waals surface area contributed by atoms with Gasteiger partial charge in [-0.25, -0.2) is 9.78 Å². The molecule has 3 atom stereocenters. The van der Waals surface area contributed by atoms with Crippen molar-refractivity contribution in [1.29, 1.82) is 5.26 Å². The van der Waals surface area contributed by atoms with Crippen LogP contribution in [0.25, 0.3) is 11.1 Å². The second-order valence-electron chi connectivity index (χ2n) is 9.38. The number of ether oxygens (including phenoxy) is 1. The Morgan fingerprint density at radius 2 is 2.09 bits per heavy atom. The van der Waals surface area contributed by atoms with E-state index in [0.29, 0.717) is 24.2 Å². The number of hydrogen-bond donors (Lipinski definition) is 2. The summed E-state index contributed by atoms with van der Waals surface area (Å²) in [4.78, 5) is 33.7. The largest absolute Gasteiger partial charge is 0.472 e. The molecular weight excluding hydrogens is 446 g/mol. The molecule has 0 fully saturated rings. The van der Waals surface area contributed by atoms with Crippen molar-refractivity contribution < 1.29 is 19.4 Å². The zero-order chi connectivity index (χ0) is 25.7. The highest BCUT2D eigenvalue weighted by Crippen LogP contribution is 2.30. The Labute approximate surface area is 206 Å². The first kappa shape index (κ1) is 26.0. The van der Waals surface area contributed by atoms with Crippen LogP contribution in [-0.4, -0.2) is 76.8 Å². The number of nitrogens with zero attached hydrogens (tertiary/aromatic N) is 4. The smallest absolute Gasteiger partial charge is 0.317 e. The molecule has 1 aromatic carbocycles. The normalized spacial score (nSPS) is 18.6. The Morgan fingerprint density at radius 1 is 1.34 bits per heavy atom. The van der Waals surface area contributed by atoms with Gasteiger partial charge in [0.25, 0.3) is 5.91 Å². The molecule has 0 unspecified atom stereocenters. The quantitative estimate of drug-likeness (QED) is 0.658. The van der Waals surface area contributed by atoms with E-state index in [1.54, 1.807) is 54.2 Å². The van der Waals surface area contributed by atoms with E-state index >= 15 is 0 Å². The highest BCUT2D eigenvalue weighted by Gasteiger charge is 2.34. The Bertz CT molecular complexity index is 1110. The summed E-state index contributed by atoms with van der Waals surface area (Å²) >= 11 is 0. The van der Waals surface area contributed by atoms with Crippen LogP contribution in [0.15, 0.2) is 36.5 Å². The minimum absolute atomic E-state index is 0.000471. The summed E-state index contributed by atoms with van der Waals surface area (Å²) < 4.78 is 6.25. The standard InChI is InChI=1S/C26H33N5O4/c1-16(2)29-26(34)30(5)14-23-17(3)13-31(18(4)15-32)25(33)22-10-21(12-28-24(22)35-23)20-8-6-7-19(9-20)11-27/h6-10,12,16-18,23,32H,13-15H2,1-5H3,(H,29,34)/t17-,18+,23-/m0/s1. The van der Waals surface area contributed by atoms with Crippen molar-refractivity contribution in [2.45, 2.75) is 45.9 Å². The second kappa shape index (κ2) is 11.2. The topological polar surface area (TPSA) is 119 Å². The van der Waals surface area contributed by atoms with E-state index in [0.717, 1.165) is 5.56 Å². The van der Waals surface area contributed by atoms with E-state index in [1.807, 2.05) is 26.8 Å². The Hall–Kier alpha value is -3.64. The van der Waals surface area contributed by atoms with Gasteiger partial charge in [0.05, 0.1) is 30.8 Å². The maximum Gasteiger partial charge on any atom is 0.317 e. The number of benzene rings is 1. The fraction of sp³-hybridized carbons (Fsp3) is 0.462. The number of likely N-dealkylation sites (N-methyl/N-ethyl adjacent to an activating group) is 1. The van der Waals surface area contributed by atoms with E-state index in [-0.39, 0.29) is 41.9 Å².